The zero-order valence-electron chi connectivity index (χ0n) is 13.2. The number of hydrogen-bond acceptors (Lipinski definition) is 3. The maximum Gasteiger partial charge on any atom is 0.0739 e. The van der Waals surface area contributed by atoms with Gasteiger partial charge in [0.25, 0.3) is 0 Å². The molecule has 2 saturated heterocycles. The second-order valence-corrected chi connectivity index (χ2v) is 7.30. The van der Waals surface area contributed by atoms with Gasteiger partial charge in [-0.05, 0) is 74.5 Å². The largest absolute Gasteiger partial charge is 0.314 e. The Morgan fingerprint density at radius 2 is 2.19 bits per heavy atom. The SMILES string of the molecule is CCn1nc(C)c(Br)c1CN1CCCC(C2CCCN2)C1. The van der Waals surface area contributed by atoms with Crippen molar-refractivity contribution in [3.63, 3.8) is 0 Å². The molecule has 4 nitrogen and oxygen atoms in total. The lowest BCUT2D eigenvalue weighted by molar-refractivity contribution is 0.142. The highest BCUT2D eigenvalue weighted by Crippen LogP contribution is 2.28. The van der Waals surface area contributed by atoms with E-state index in [-0.39, 0.29) is 0 Å². The lowest BCUT2D eigenvalue weighted by Gasteiger charge is -2.35. The van der Waals surface area contributed by atoms with Crippen molar-refractivity contribution in [2.75, 3.05) is 19.6 Å². The molecule has 5 heteroatoms. The highest BCUT2D eigenvalue weighted by atomic mass is 79.9. The number of nitrogens with one attached hydrogen (secondary N) is 1. The Balaban J connectivity index is 1.67. The maximum absolute atomic E-state index is 4.62. The Morgan fingerprint density at radius 1 is 1.33 bits per heavy atom. The molecule has 0 radical (unpaired) electrons. The van der Waals surface area contributed by atoms with Gasteiger partial charge in [0.15, 0.2) is 0 Å². The third kappa shape index (κ3) is 3.35. The van der Waals surface area contributed by atoms with Gasteiger partial charge in [-0.25, -0.2) is 0 Å². The molecule has 1 aromatic heterocycles. The predicted molar refractivity (Wildman–Crippen MR) is 89.4 cm³/mol. The van der Waals surface area contributed by atoms with E-state index in [0.717, 1.165) is 30.7 Å². The van der Waals surface area contributed by atoms with Crippen molar-refractivity contribution < 1.29 is 0 Å². The fourth-order valence-corrected chi connectivity index (χ4v) is 4.32. The monoisotopic (exact) mass is 354 g/mol. The summed E-state index contributed by atoms with van der Waals surface area (Å²) in [4.78, 5) is 2.63. The van der Waals surface area contributed by atoms with Gasteiger partial charge in [0, 0.05) is 25.7 Å². The quantitative estimate of drug-likeness (QED) is 0.902. The van der Waals surface area contributed by atoms with Gasteiger partial charge < -0.3 is 5.32 Å². The van der Waals surface area contributed by atoms with Crippen LogP contribution in [0.5, 0.6) is 0 Å². The summed E-state index contributed by atoms with van der Waals surface area (Å²) in [6, 6.07) is 0.758. The molecule has 2 aliphatic heterocycles. The summed E-state index contributed by atoms with van der Waals surface area (Å²) in [5.41, 5.74) is 2.45. The minimum atomic E-state index is 0.758. The van der Waals surface area contributed by atoms with Gasteiger partial charge in [0.2, 0.25) is 0 Å². The molecule has 0 saturated carbocycles. The molecule has 0 bridgehead atoms. The van der Waals surface area contributed by atoms with Crippen LogP contribution in [0, 0.1) is 12.8 Å². The molecule has 2 atom stereocenters. The zero-order chi connectivity index (χ0) is 14.8. The lowest BCUT2D eigenvalue weighted by Crippen LogP contribution is -2.43. The second-order valence-electron chi connectivity index (χ2n) is 6.50. The van der Waals surface area contributed by atoms with Crippen molar-refractivity contribution in [2.45, 2.75) is 58.7 Å². The molecule has 3 heterocycles. The minimum absolute atomic E-state index is 0.758. The van der Waals surface area contributed by atoms with E-state index in [9.17, 15) is 0 Å². The average Bonchev–Trinajstić information content (AvgIpc) is 3.12. The van der Waals surface area contributed by atoms with E-state index < -0.39 is 0 Å². The number of likely N-dealkylation sites (tertiary alicyclic amines) is 1. The Bertz CT molecular complexity index is 479. The van der Waals surface area contributed by atoms with Crippen molar-refractivity contribution >= 4 is 15.9 Å². The molecule has 0 aliphatic carbocycles. The summed E-state index contributed by atoms with van der Waals surface area (Å²) in [6.07, 6.45) is 5.45. The normalized spacial score (nSPS) is 27.4. The van der Waals surface area contributed by atoms with Crippen LogP contribution in [0.1, 0.15) is 44.0 Å². The fourth-order valence-electron chi connectivity index (χ4n) is 3.91. The molecular weight excluding hydrogens is 328 g/mol. The summed E-state index contributed by atoms with van der Waals surface area (Å²) < 4.78 is 3.35. The first-order valence-corrected chi connectivity index (χ1v) is 9.16. The minimum Gasteiger partial charge on any atom is -0.314 e. The van der Waals surface area contributed by atoms with Crippen LogP contribution < -0.4 is 5.32 Å². The number of halogens is 1. The van der Waals surface area contributed by atoms with Crippen LogP contribution in [0.4, 0.5) is 0 Å². The Kier molecular flexibility index (Phi) is 5.02. The molecule has 3 rings (SSSR count). The standard InChI is InChI=1S/C16H27BrN4/c1-3-21-15(16(17)12(2)19-21)11-20-9-5-6-13(10-20)14-7-4-8-18-14/h13-14,18H,3-11H2,1-2H3. The number of aromatic nitrogens is 2. The van der Waals surface area contributed by atoms with Gasteiger partial charge in [-0.1, -0.05) is 0 Å². The van der Waals surface area contributed by atoms with E-state index >= 15 is 0 Å². The Morgan fingerprint density at radius 3 is 2.90 bits per heavy atom. The number of nitrogens with zero attached hydrogens (tertiary/aromatic N) is 3. The van der Waals surface area contributed by atoms with E-state index in [2.05, 4.69) is 49.8 Å². The summed E-state index contributed by atoms with van der Waals surface area (Å²) in [7, 11) is 0. The number of aryl methyl sites for hydroxylation is 2. The van der Waals surface area contributed by atoms with Crippen molar-refractivity contribution in [2.24, 2.45) is 5.92 Å². The van der Waals surface area contributed by atoms with Crippen LogP contribution in [0.3, 0.4) is 0 Å². The van der Waals surface area contributed by atoms with Crippen molar-refractivity contribution in [3.05, 3.63) is 15.9 Å². The first kappa shape index (κ1) is 15.5. The molecule has 118 valence electrons. The van der Waals surface area contributed by atoms with E-state index in [1.54, 1.807) is 0 Å². The molecule has 0 spiro atoms. The third-order valence-corrected chi connectivity index (χ3v) is 6.07. The molecule has 0 aromatic carbocycles. The van der Waals surface area contributed by atoms with Crippen LogP contribution in [0.25, 0.3) is 0 Å². The third-order valence-electron chi connectivity index (χ3n) is 5.04. The lowest BCUT2D eigenvalue weighted by atomic mass is 9.90. The van der Waals surface area contributed by atoms with E-state index in [0.29, 0.717) is 0 Å². The van der Waals surface area contributed by atoms with Crippen molar-refractivity contribution in [3.8, 4) is 0 Å². The molecule has 21 heavy (non-hydrogen) atoms. The summed E-state index contributed by atoms with van der Waals surface area (Å²) >= 11 is 3.73. The van der Waals surface area contributed by atoms with E-state index in [4.69, 9.17) is 0 Å². The van der Waals surface area contributed by atoms with Gasteiger partial charge in [-0.2, -0.15) is 5.10 Å². The van der Waals surface area contributed by atoms with Crippen LogP contribution in [0.15, 0.2) is 4.47 Å². The average molecular weight is 355 g/mol. The van der Waals surface area contributed by atoms with Crippen molar-refractivity contribution in [1.82, 2.24) is 20.0 Å². The molecule has 0 amide bonds. The van der Waals surface area contributed by atoms with Gasteiger partial charge in [-0.15, -0.1) is 0 Å². The van der Waals surface area contributed by atoms with Crippen LogP contribution >= 0.6 is 15.9 Å². The van der Waals surface area contributed by atoms with Gasteiger partial charge in [0.1, 0.15) is 0 Å². The van der Waals surface area contributed by atoms with E-state index in [1.165, 1.54) is 55.5 Å². The Labute approximate surface area is 136 Å². The number of rotatable bonds is 4. The molecule has 1 aromatic rings. The number of hydrogen-bond donors (Lipinski definition) is 1. The number of piperidine rings is 1. The Hall–Kier alpha value is -0.390. The molecular formula is C16H27BrN4. The van der Waals surface area contributed by atoms with Gasteiger partial charge >= 0.3 is 0 Å². The summed E-state index contributed by atoms with van der Waals surface area (Å²) in [6.45, 7) is 9.91. The fraction of sp³-hybridized carbons (Fsp3) is 0.812. The van der Waals surface area contributed by atoms with Gasteiger partial charge in [-0.3, -0.25) is 9.58 Å². The van der Waals surface area contributed by atoms with Crippen LogP contribution in [-0.2, 0) is 13.1 Å². The first-order chi connectivity index (χ1) is 10.2. The molecule has 2 aliphatic rings. The summed E-state index contributed by atoms with van der Waals surface area (Å²) in [5, 5.41) is 8.32. The van der Waals surface area contributed by atoms with Crippen molar-refractivity contribution in [1.29, 1.82) is 0 Å². The van der Waals surface area contributed by atoms with Gasteiger partial charge in [0.05, 0.1) is 15.9 Å². The second kappa shape index (κ2) is 6.80. The first-order valence-electron chi connectivity index (χ1n) is 8.36. The highest BCUT2D eigenvalue weighted by molar-refractivity contribution is 9.10. The summed E-state index contributed by atoms with van der Waals surface area (Å²) in [5.74, 6) is 0.833. The topological polar surface area (TPSA) is 33.1 Å². The van der Waals surface area contributed by atoms with Crippen LogP contribution in [0.2, 0.25) is 0 Å². The van der Waals surface area contributed by atoms with Crippen LogP contribution in [-0.4, -0.2) is 40.4 Å². The highest BCUT2D eigenvalue weighted by Gasteiger charge is 2.29. The van der Waals surface area contributed by atoms with E-state index in [1.807, 2.05) is 0 Å². The molecule has 2 unspecified atom stereocenters. The molecule has 2 fully saturated rings. The molecule has 1 N–H and O–H groups in total. The smallest absolute Gasteiger partial charge is 0.0739 e. The maximum atomic E-state index is 4.62. The predicted octanol–water partition coefficient (Wildman–Crippen LogP) is 2.94. The zero-order valence-corrected chi connectivity index (χ0v) is 14.8.